The number of rotatable bonds is 4. The van der Waals surface area contributed by atoms with Crippen LogP contribution in [-0.2, 0) is 4.79 Å². The van der Waals surface area contributed by atoms with Crippen LogP contribution in [-0.4, -0.2) is 37.0 Å². The molecule has 1 N–H and O–H groups in total. The van der Waals surface area contributed by atoms with Crippen molar-refractivity contribution in [2.24, 2.45) is 0 Å². The standard InChI is InChI=1S/C20H17Cl2FN4O/c21-15-1-6-19(18(22)11-15)25-20(28)14(12-24)13-26-7-9-27(10-8-26)17-4-2-16(23)3-5-17/h1-6,11,13H,7-10H2,(H,25,28)/b14-13-. The van der Waals surface area contributed by atoms with Crippen molar-refractivity contribution in [3.05, 3.63) is 70.1 Å². The van der Waals surface area contributed by atoms with E-state index >= 15 is 0 Å². The zero-order chi connectivity index (χ0) is 20.1. The second-order valence-electron chi connectivity index (χ2n) is 6.23. The van der Waals surface area contributed by atoms with Crippen molar-refractivity contribution < 1.29 is 9.18 Å². The Morgan fingerprint density at radius 1 is 1.11 bits per heavy atom. The Morgan fingerprint density at radius 3 is 2.39 bits per heavy atom. The summed E-state index contributed by atoms with van der Waals surface area (Å²) >= 11 is 11.9. The summed E-state index contributed by atoms with van der Waals surface area (Å²) in [6.45, 7) is 2.67. The first-order valence-electron chi connectivity index (χ1n) is 8.59. The lowest BCUT2D eigenvalue weighted by molar-refractivity contribution is -0.112. The Labute approximate surface area is 172 Å². The summed E-state index contributed by atoms with van der Waals surface area (Å²) in [6.07, 6.45) is 1.56. The molecule has 0 radical (unpaired) electrons. The molecule has 2 aromatic rings. The van der Waals surface area contributed by atoms with Crippen LogP contribution in [0.4, 0.5) is 15.8 Å². The molecule has 144 valence electrons. The van der Waals surface area contributed by atoms with E-state index in [1.165, 1.54) is 18.2 Å². The highest BCUT2D eigenvalue weighted by atomic mass is 35.5. The molecule has 0 bridgehead atoms. The normalized spacial score (nSPS) is 14.6. The van der Waals surface area contributed by atoms with Gasteiger partial charge in [-0.05, 0) is 42.5 Å². The van der Waals surface area contributed by atoms with E-state index in [0.29, 0.717) is 41.9 Å². The SMILES string of the molecule is N#C/C(=C/N1CCN(c2ccc(F)cc2)CC1)C(=O)Nc1ccc(Cl)cc1Cl. The molecule has 5 nitrogen and oxygen atoms in total. The number of nitrogens with one attached hydrogen (secondary N) is 1. The summed E-state index contributed by atoms with van der Waals surface area (Å²) < 4.78 is 13.1. The molecular formula is C20H17Cl2FN4O. The van der Waals surface area contributed by atoms with Gasteiger partial charge in [0, 0.05) is 43.1 Å². The van der Waals surface area contributed by atoms with E-state index in [4.69, 9.17) is 23.2 Å². The lowest BCUT2D eigenvalue weighted by atomic mass is 10.2. The van der Waals surface area contributed by atoms with E-state index in [1.54, 1.807) is 30.5 Å². The van der Waals surface area contributed by atoms with Crippen molar-refractivity contribution in [3.63, 3.8) is 0 Å². The topological polar surface area (TPSA) is 59.4 Å². The highest BCUT2D eigenvalue weighted by Gasteiger charge is 2.18. The third-order valence-electron chi connectivity index (χ3n) is 4.36. The van der Waals surface area contributed by atoms with E-state index < -0.39 is 5.91 Å². The summed E-state index contributed by atoms with van der Waals surface area (Å²) in [7, 11) is 0. The van der Waals surface area contributed by atoms with Gasteiger partial charge in [0.15, 0.2) is 0 Å². The van der Waals surface area contributed by atoms with Crippen LogP contribution in [0.15, 0.2) is 54.2 Å². The summed E-state index contributed by atoms with van der Waals surface area (Å²) in [5.41, 5.74) is 1.32. The second-order valence-corrected chi connectivity index (χ2v) is 7.08. The molecule has 1 amide bonds. The lowest BCUT2D eigenvalue weighted by Gasteiger charge is -2.35. The maximum atomic E-state index is 13.1. The number of hydrogen-bond donors (Lipinski definition) is 1. The molecule has 1 aliphatic heterocycles. The number of benzene rings is 2. The molecule has 0 spiro atoms. The number of nitrogens with zero attached hydrogens (tertiary/aromatic N) is 3. The van der Waals surface area contributed by atoms with Gasteiger partial charge in [0.2, 0.25) is 0 Å². The van der Waals surface area contributed by atoms with Crippen molar-refractivity contribution in [1.82, 2.24) is 4.90 Å². The van der Waals surface area contributed by atoms with Gasteiger partial charge in [0.05, 0.1) is 10.7 Å². The van der Waals surface area contributed by atoms with Gasteiger partial charge in [-0.2, -0.15) is 5.26 Å². The van der Waals surface area contributed by atoms with Gasteiger partial charge in [-0.1, -0.05) is 23.2 Å². The highest BCUT2D eigenvalue weighted by Crippen LogP contribution is 2.25. The molecule has 0 atom stereocenters. The van der Waals surface area contributed by atoms with Crippen molar-refractivity contribution in [3.8, 4) is 6.07 Å². The zero-order valence-electron chi connectivity index (χ0n) is 14.8. The molecular weight excluding hydrogens is 402 g/mol. The molecule has 28 heavy (non-hydrogen) atoms. The third kappa shape index (κ3) is 4.94. The third-order valence-corrected chi connectivity index (χ3v) is 4.91. The minimum Gasteiger partial charge on any atom is -0.373 e. The summed E-state index contributed by atoms with van der Waals surface area (Å²) in [4.78, 5) is 16.5. The predicted octanol–water partition coefficient (Wildman–Crippen LogP) is 4.30. The van der Waals surface area contributed by atoms with Crippen molar-refractivity contribution in [2.45, 2.75) is 0 Å². The molecule has 0 saturated carbocycles. The summed E-state index contributed by atoms with van der Waals surface area (Å²) in [5.74, 6) is -0.802. The molecule has 1 aliphatic rings. The predicted molar refractivity (Wildman–Crippen MR) is 109 cm³/mol. The number of nitriles is 1. The van der Waals surface area contributed by atoms with Crippen molar-refractivity contribution in [2.75, 3.05) is 36.4 Å². The highest BCUT2D eigenvalue weighted by molar-refractivity contribution is 6.36. The fraction of sp³-hybridized carbons (Fsp3) is 0.200. The van der Waals surface area contributed by atoms with E-state index in [9.17, 15) is 14.4 Å². The van der Waals surface area contributed by atoms with Gasteiger partial charge in [-0.3, -0.25) is 4.79 Å². The number of halogens is 3. The van der Waals surface area contributed by atoms with Crippen LogP contribution in [0.25, 0.3) is 0 Å². The smallest absolute Gasteiger partial charge is 0.267 e. The summed E-state index contributed by atoms with van der Waals surface area (Å²) in [6, 6.07) is 13.0. The second kappa shape index (κ2) is 8.96. The summed E-state index contributed by atoms with van der Waals surface area (Å²) in [5, 5.41) is 12.7. The van der Waals surface area contributed by atoms with Gasteiger partial charge in [-0.25, -0.2) is 4.39 Å². The number of anilines is 2. The van der Waals surface area contributed by atoms with E-state index in [2.05, 4.69) is 10.2 Å². The van der Waals surface area contributed by atoms with Gasteiger partial charge >= 0.3 is 0 Å². The maximum Gasteiger partial charge on any atom is 0.267 e. The Morgan fingerprint density at radius 2 is 1.79 bits per heavy atom. The van der Waals surface area contributed by atoms with Gasteiger partial charge in [0.1, 0.15) is 17.5 Å². The van der Waals surface area contributed by atoms with Crippen molar-refractivity contribution >= 4 is 40.5 Å². The fourth-order valence-corrected chi connectivity index (χ4v) is 3.32. The fourth-order valence-electron chi connectivity index (χ4n) is 2.86. The molecule has 2 aromatic carbocycles. The quantitative estimate of drug-likeness (QED) is 0.593. The largest absolute Gasteiger partial charge is 0.373 e. The van der Waals surface area contributed by atoms with Crippen LogP contribution in [0, 0.1) is 17.1 Å². The van der Waals surface area contributed by atoms with Crippen LogP contribution in [0.2, 0.25) is 10.0 Å². The van der Waals surface area contributed by atoms with Crippen LogP contribution in [0.3, 0.4) is 0 Å². The number of piperazine rings is 1. The van der Waals surface area contributed by atoms with E-state index in [-0.39, 0.29) is 11.4 Å². The molecule has 3 rings (SSSR count). The molecule has 8 heteroatoms. The molecule has 1 heterocycles. The maximum absolute atomic E-state index is 13.1. The monoisotopic (exact) mass is 418 g/mol. The van der Waals surface area contributed by atoms with Gasteiger partial charge in [0.25, 0.3) is 5.91 Å². The molecule has 1 saturated heterocycles. The number of carbonyl (C=O) groups excluding carboxylic acids is 1. The average Bonchev–Trinajstić information content (AvgIpc) is 2.69. The van der Waals surface area contributed by atoms with Crippen molar-refractivity contribution in [1.29, 1.82) is 5.26 Å². The molecule has 1 fully saturated rings. The first-order chi connectivity index (χ1) is 13.5. The number of hydrogen-bond acceptors (Lipinski definition) is 4. The number of amides is 1. The lowest BCUT2D eigenvalue weighted by Crippen LogP contribution is -2.44. The van der Waals surface area contributed by atoms with Crippen LogP contribution in [0.1, 0.15) is 0 Å². The first-order valence-corrected chi connectivity index (χ1v) is 9.35. The minimum absolute atomic E-state index is 0.0127. The van der Waals surface area contributed by atoms with Crippen LogP contribution >= 0.6 is 23.2 Å². The Hall–Kier alpha value is -2.75. The van der Waals surface area contributed by atoms with Gasteiger partial charge in [-0.15, -0.1) is 0 Å². The van der Waals surface area contributed by atoms with Gasteiger partial charge < -0.3 is 15.1 Å². The Balaban J connectivity index is 1.62. The average molecular weight is 419 g/mol. The van der Waals surface area contributed by atoms with Crippen LogP contribution < -0.4 is 10.2 Å². The Kier molecular flexibility index (Phi) is 6.40. The molecule has 0 unspecified atom stereocenters. The van der Waals surface area contributed by atoms with E-state index in [0.717, 1.165) is 5.69 Å². The molecule has 0 aliphatic carbocycles. The van der Waals surface area contributed by atoms with E-state index in [1.807, 2.05) is 11.0 Å². The molecule has 0 aromatic heterocycles. The minimum atomic E-state index is -0.535. The number of carbonyl (C=O) groups is 1. The zero-order valence-corrected chi connectivity index (χ0v) is 16.3. The van der Waals surface area contributed by atoms with Crippen LogP contribution in [0.5, 0.6) is 0 Å². The first kappa shape index (κ1) is 20.0. The Bertz CT molecular complexity index is 932.